The molecule has 5 heteroatoms. The maximum Gasteiger partial charge on any atom is 0.234 e. The van der Waals surface area contributed by atoms with Gasteiger partial charge in [0.25, 0.3) is 0 Å². The van der Waals surface area contributed by atoms with Crippen LogP contribution in [0.1, 0.15) is 5.56 Å². The number of anilines is 1. The number of pyridine rings is 1. The summed E-state index contributed by atoms with van der Waals surface area (Å²) in [6.45, 7) is 1.76. The van der Waals surface area contributed by atoms with Crippen molar-refractivity contribution in [2.75, 3.05) is 11.1 Å². The van der Waals surface area contributed by atoms with Crippen LogP contribution in [0.2, 0.25) is 0 Å². The van der Waals surface area contributed by atoms with E-state index in [1.165, 1.54) is 23.9 Å². The zero-order valence-electron chi connectivity index (χ0n) is 12.5. The summed E-state index contributed by atoms with van der Waals surface area (Å²) < 4.78 is 13.1. The molecule has 0 saturated carbocycles. The van der Waals surface area contributed by atoms with Crippen LogP contribution in [0.4, 0.5) is 10.1 Å². The van der Waals surface area contributed by atoms with Gasteiger partial charge in [0.2, 0.25) is 5.91 Å². The first-order chi connectivity index (χ1) is 11.1. The molecule has 0 saturated heterocycles. The van der Waals surface area contributed by atoms with Crippen molar-refractivity contribution in [2.24, 2.45) is 0 Å². The molecule has 1 aromatic heterocycles. The first-order valence-electron chi connectivity index (χ1n) is 7.16. The Hall–Kier alpha value is -2.40. The third-order valence-corrected chi connectivity index (χ3v) is 4.46. The number of hydrogen-bond acceptors (Lipinski definition) is 3. The zero-order valence-corrected chi connectivity index (χ0v) is 13.4. The van der Waals surface area contributed by atoms with Gasteiger partial charge in [0.05, 0.1) is 11.3 Å². The molecule has 3 aromatic rings. The minimum Gasteiger partial charge on any atom is -0.325 e. The van der Waals surface area contributed by atoms with Gasteiger partial charge in [0, 0.05) is 22.2 Å². The topological polar surface area (TPSA) is 42.0 Å². The zero-order chi connectivity index (χ0) is 16.2. The van der Waals surface area contributed by atoms with Crippen molar-refractivity contribution in [2.45, 2.75) is 11.8 Å². The predicted octanol–water partition coefficient (Wildman–Crippen LogP) is 4.41. The molecule has 116 valence electrons. The van der Waals surface area contributed by atoms with Crippen molar-refractivity contribution in [3.63, 3.8) is 0 Å². The lowest BCUT2D eigenvalue weighted by atomic mass is 10.2. The number of carbonyl (C=O) groups excluding carboxylic acids is 1. The largest absolute Gasteiger partial charge is 0.325 e. The van der Waals surface area contributed by atoms with Crippen LogP contribution in [-0.2, 0) is 4.79 Å². The van der Waals surface area contributed by atoms with Gasteiger partial charge in [-0.1, -0.05) is 18.2 Å². The highest BCUT2D eigenvalue weighted by atomic mass is 32.2. The summed E-state index contributed by atoms with van der Waals surface area (Å²) in [5, 5.41) is 3.86. The van der Waals surface area contributed by atoms with Gasteiger partial charge in [-0.25, -0.2) is 4.39 Å². The van der Waals surface area contributed by atoms with E-state index in [9.17, 15) is 9.18 Å². The van der Waals surface area contributed by atoms with E-state index in [1.807, 2.05) is 30.3 Å². The summed E-state index contributed by atoms with van der Waals surface area (Å²) in [7, 11) is 0. The van der Waals surface area contributed by atoms with E-state index in [1.54, 1.807) is 19.2 Å². The first kappa shape index (κ1) is 15.5. The molecule has 1 amide bonds. The second-order valence-corrected chi connectivity index (χ2v) is 6.14. The summed E-state index contributed by atoms with van der Waals surface area (Å²) in [5.41, 5.74) is 2.23. The van der Waals surface area contributed by atoms with Crippen LogP contribution < -0.4 is 5.32 Å². The highest BCUT2D eigenvalue weighted by Crippen LogP contribution is 2.26. The maximum atomic E-state index is 13.1. The summed E-state index contributed by atoms with van der Waals surface area (Å²) in [4.78, 5) is 17.5. The molecule has 0 aliphatic heterocycles. The van der Waals surface area contributed by atoms with Crippen LogP contribution in [-0.4, -0.2) is 16.6 Å². The number of nitrogens with zero attached hydrogens (tertiary/aromatic N) is 1. The van der Waals surface area contributed by atoms with E-state index in [0.29, 0.717) is 11.3 Å². The van der Waals surface area contributed by atoms with Gasteiger partial charge >= 0.3 is 0 Å². The van der Waals surface area contributed by atoms with Crippen molar-refractivity contribution in [1.82, 2.24) is 4.98 Å². The molecule has 0 bridgehead atoms. The second kappa shape index (κ2) is 6.79. The lowest BCUT2D eigenvalue weighted by Gasteiger charge is -2.09. The molecule has 2 aromatic carbocycles. The molecule has 1 heterocycles. The van der Waals surface area contributed by atoms with Crippen LogP contribution in [0.3, 0.4) is 0 Å². The number of hydrogen-bond donors (Lipinski definition) is 1. The van der Waals surface area contributed by atoms with E-state index in [2.05, 4.69) is 10.3 Å². The number of amides is 1. The van der Waals surface area contributed by atoms with Crippen molar-refractivity contribution in [1.29, 1.82) is 0 Å². The highest BCUT2D eigenvalue weighted by Gasteiger charge is 2.08. The number of aromatic nitrogens is 1. The summed E-state index contributed by atoms with van der Waals surface area (Å²) in [6, 6.07) is 14.1. The van der Waals surface area contributed by atoms with Crippen molar-refractivity contribution < 1.29 is 9.18 Å². The van der Waals surface area contributed by atoms with Gasteiger partial charge in [-0.15, -0.1) is 11.8 Å². The van der Waals surface area contributed by atoms with E-state index in [-0.39, 0.29) is 17.5 Å². The minimum atomic E-state index is -0.309. The quantitative estimate of drug-likeness (QED) is 0.722. The third-order valence-electron chi connectivity index (χ3n) is 3.42. The fourth-order valence-electron chi connectivity index (χ4n) is 2.29. The van der Waals surface area contributed by atoms with Crippen LogP contribution in [0.5, 0.6) is 0 Å². The molecular formula is C18H15FN2OS. The van der Waals surface area contributed by atoms with E-state index < -0.39 is 0 Å². The van der Waals surface area contributed by atoms with Gasteiger partial charge in [-0.2, -0.15) is 0 Å². The van der Waals surface area contributed by atoms with Crippen molar-refractivity contribution in [3.05, 3.63) is 66.1 Å². The Bertz CT molecular complexity index is 861. The first-order valence-corrected chi connectivity index (χ1v) is 8.14. The molecule has 3 nitrogen and oxygen atoms in total. The number of thioether (sulfide) groups is 1. The molecule has 0 radical (unpaired) electrons. The van der Waals surface area contributed by atoms with Gasteiger partial charge < -0.3 is 5.32 Å². The highest BCUT2D eigenvalue weighted by molar-refractivity contribution is 8.00. The fraction of sp³-hybridized carbons (Fsp3) is 0.111. The monoisotopic (exact) mass is 326 g/mol. The summed E-state index contributed by atoms with van der Waals surface area (Å²) in [6.07, 6.45) is 1.74. The van der Waals surface area contributed by atoms with E-state index >= 15 is 0 Å². The Morgan fingerprint density at radius 2 is 2.04 bits per heavy atom. The number of carbonyl (C=O) groups is 1. The number of aryl methyl sites for hydroxylation is 1. The van der Waals surface area contributed by atoms with E-state index in [4.69, 9.17) is 0 Å². The predicted molar refractivity (Wildman–Crippen MR) is 92.2 cm³/mol. The summed E-state index contributed by atoms with van der Waals surface area (Å²) in [5.74, 6) is -0.165. The third kappa shape index (κ3) is 3.68. The summed E-state index contributed by atoms with van der Waals surface area (Å²) >= 11 is 1.44. The van der Waals surface area contributed by atoms with Crippen LogP contribution in [0.15, 0.2) is 59.6 Å². The molecule has 23 heavy (non-hydrogen) atoms. The standard InChI is InChI=1S/C18H15FN2OS/c1-12-10-14(19)7-8-15(12)21-17(22)11-23-16-6-2-4-13-5-3-9-20-18(13)16/h2-10H,11H2,1H3,(H,21,22). The van der Waals surface area contributed by atoms with Crippen LogP contribution in [0, 0.1) is 12.7 Å². The molecule has 3 rings (SSSR count). The lowest BCUT2D eigenvalue weighted by Crippen LogP contribution is -2.14. The van der Waals surface area contributed by atoms with Gasteiger partial charge in [0.1, 0.15) is 5.82 Å². The molecule has 1 N–H and O–H groups in total. The van der Waals surface area contributed by atoms with Crippen molar-refractivity contribution in [3.8, 4) is 0 Å². The Balaban J connectivity index is 1.69. The average molecular weight is 326 g/mol. The number of halogens is 1. The number of rotatable bonds is 4. The fourth-order valence-corrected chi connectivity index (χ4v) is 3.13. The minimum absolute atomic E-state index is 0.127. The molecule has 0 atom stereocenters. The van der Waals surface area contributed by atoms with E-state index in [0.717, 1.165) is 15.8 Å². The Kier molecular flexibility index (Phi) is 4.57. The smallest absolute Gasteiger partial charge is 0.234 e. The molecule has 0 aliphatic carbocycles. The number of para-hydroxylation sites is 1. The Labute approximate surface area is 137 Å². The van der Waals surface area contributed by atoms with Crippen molar-refractivity contribution >= 4 is 34.3 Å². The maximum absolute atomic E-state index is 13.1. The SMILES string of the molecule is Cc1cc(F)ccc1NC(=O)CSc1cccc2cccnc12. The Morgan fingerprint density at radius 1 is 1.22 bits per heavy atom. The average Bonchev–Trinajstić information content (AvgIpc) is 2.55. The van der Waals surface area contributed by atoms with Gasteiger partial charge in [0.15, 0.2) is 0 Å². The van der Waals surface area contributed by atoms with Crippen LogP contribution in [0.25, 0.3) is 10.9 Å². The molecule has 0 fully saturated rings. The number of nitrogens with one attached hydrogen (secondary N) is 1. The normalized spacial score (nSPS) is 10.7. The second-order valence-electron chi connectivity index (χ2n) is 5.13. The lowest BCUT2D eigenvalue weighted by molar-refractivity contribution is -0.113. The number of benzene rings is 2. The van der Waals surface area contributed by atoms with Gasteiger partial charge in [-0.05, 0) is 42.8 Å². The number of fused-ring (bicyclic) bond motifs is 1. The Morgan fingerprint density at radius 3 is 2.87 bits per heavy atom. The molecule has 0 unspecified atom stereocenters. The van der Waals surface area contributed by atoms with Gasteiger partial charge in [-0.3, -0.25) is 9.78 Å². The van der Waals surface area contributed by atoms with Crippen LogP contribution >= 0.6 is 11.8 Å². The molecule has 0 spiro atoms. The molecule has 0 aliphatic rings. The molecular weight excluding hydrogens is 311 g/mol.